The van der Waals surface area contributed by atoms with Crippen molar-refractivity contribution >= 4 is 12.1 Å². The molecular weight excluding hydrogens is 360 g/mol. The van der Waals surface area contributed by atoms with Gasteiger partial charge in [-0.3, -0.25) is 4.99 Å². The van der Waals surface area contributed by atoms with Crippen molar-refractivity contribution in [2.45, 2.75) is 65.1 Å². The summed E-state index contributed by atoms with van der Waals surface area (Å²) >= 11 is 0. The van der Waals surface area contributed by atoms with Gasteiger partial charge in [0.2, 0.25) is 0 Å². The van der Waals surface area contributed by atoms with E-state index in [0.717, 1.165) is 44.8 Å². The van der Waals surface area contributed by atoms with Crippen LogP contribution < -0.4 is 10.6 Å². The monoisotopic (exact) mass is 400 g/mol. The van der Waals surface area contributed by atoms with Crippen LogP contribution >= 0.6 is 0 Å². The Bertz CT molecular complexity index is 460. The first-order chi connectivity index (χ1) is 13.4. The zero-order valence-corrected chi connectivity index (χ0v) is 18.4. The predicted octanol–water partition coefficient (Wildman–Crippen LogP) is 2.38. The van der Waals surface area contributed by atoms with Crippen LogP contribution in [0.4, 0.5) is 4.79 Å². The fourth-order valence-electron chi connectivity index (χ4n) is 2.79. The summed E-state index contributed by atoms with van der Waals surface area (Å²) < 4.78 is 16.7. The van der Waals surface area contributed by atoms with Crippen molar-refractivity contribution in [3.8, 4) is 0 Å². The molecule has 1 fully saturated rings. The van der Waals surface area contributed by atoms with Gasteiger partial charge in [0, 0.05) is 46.4 Å². The van der Waals surface area contributed by atoms with Gasteiger partial charge in [-0.2, -0.15) is 0 Å². The Kier molecular flexibility index (Phi) is 11.9. The Morgan fingerprint density at radius 1 is 1.25 bits per heavy atom. The van der Waals surface area contributed by atoms with Gasteiger partial charge in [-0.25, -0.2) is 4.79 Å². The average Bonchev–Trinajstić information content (AvgIpc) is 3.14. The van der Waals surface area contributed by atoms with E-state index in [2.05, 4.69) is 15.6 Å². The van der Waals surface area contributed by atoms with E-state index in [9.17, 15) is 4.79 Å². The molecule has 0 aromatic heterocycles. The van der Waals surface area contributed by atoms with Gasteiger partial charge in [-0.1, -0.05) is 6.92 Å². The highest BCUT2D eigenvalue weighted by Gasteiger charge is 2.21. The van der Waals surface area contributed by atoms with Gasteiger partial charge in [0.05, 0.1) is 12.7 Å². The first-order valence-electron chi connectivity index (χ1n) is 10.5. The van der Waals surface area contributed by atoms with Gasteiger partial charge in [0.1, 0.15) is 5.60 Å². The highest BCUT2D eigenvalue weighted by molar-refractivity contribution is 5.79. The van der Waals surface area contributed by atoms with Gasteiger partial charge in [0.25, 0.3) is 0 Å². The molecule has 0 saturated carbocycles. The number of carbonyl (C=O) groups is 1. The second-order valence-corrected chi connectivity index (χ2v) is 7.96. The Labute approximate surface area is 170 Å². The quantitative estimate of drug-likeness (QED) is 0.315. The van der Waals surface area contributed by atoms with Crippen molar-refractivity contribution in [3.63, 3.8) is 0 Å². The van der Waals surface area contributed by atoms with E-state index in [0.29, 0.717) is 32.8 Å². The minimum absolute atomic E-state index is 0.275. The summed E-state index contributed by atoms with van der Waals surface area (Å²) in [6.45, 7) is 12.5. The molecule has 0 aromatic rings. The molecular formula is C20H40N4O4. The van der Waals surface area contributed by atoms with E-state index in [1.54, 1.807) is 11.9 Å². The Morgan fingerprint density at radius 3 is 2.61 bits per heavy atom. The summed E-state index contributed by atoms with van der Waals surface area (Å²) in [5, 5.41) is 6.50. The van der Waals surface area contributed by atoms with E-state index < -0.39 is 5.60 Å². The summed E-state index contributed by atoms with van der Waals surface area (Å²) in [6, 6.07) is 0. The number of amides is 1. The molecule has 2 N–H and O–H groups in total. The lowest BCUT2D eigenvalue weighted by Gasteiger charge is -2.27. The number of aliphatic imine (C=N–C) groups is 1. The van der Waals surface area contributed by atoms with Crippen LogP contribution in [0.15, 0.2) is 4.99 Å². The largest absolute Gasteiger partial charge is 0.444 e. The Hall–Kier alpha value is -1.54. The first kappa shape index (κ1) is 24.5. The Morgan fingerprint density at radius 2 is 2.00 bits per heavy atom. The minimum Gasteiger partial charge on any atom is -0.444 e. The zero-order chi connectivity index (χ0) is 20.8. The first-order valence-corrected chi connectivity index (χ1v) is 10.5. The van der Waals surface area contributed by atoms with E-state index in [4.69, 9.17) is 14.2 Å². The Balaban J connectivity index is 2.18. The van der Waals surface area contributed by atoms with Crippen molar-refractivity contribution in [1.82, 2.24) is 15.5 Å². The van der Waals surface area contributed by atoms with Crippen LogP contribution in [0.5, 0.6) is 0 Å². The van der Waals surface area contributed by atoms with Gasteiger partial charge in [-0.05, 0) is 46.5 Å². The van der Waals surface area contributed by atoms with Crippen LogP contribution in [0.25, 0.3) is 0 Å². The van der Waals surface area contributed by atoms with Crippen molar-refractivity contribution in [2.24, 2.45) is 4.99 Å². The predicted molar refractivity (Wildman–Crippen MR) is 112 cm³/mol. The third-order valence-corrected chi connectivity index (χ3v) is 4.13. The highest BCUT2D eigenvalue weighted by atomic mass is 16.6. The molecule has 0 spiro atoms. The summed E-state index contributed by atoms with van der Waals surface area (Å²) in [5.41, 5.74) is -0.486. The second-order valence-electron chi connectivity index (χ2n) is 7.96. The molecule has 0 bridgehead atoms. The summed E-state index contributed by atoms with van der Waals surface area (Å²) in [4.78, 5) is 18.2. The smallest absolute Gasteiger partial charge is 0.410 e. The summed E-state index contributed by atoms with van der Waals surface area (Å²) in [6.07, 6.45) is 4.03. The van der Waals surface area contributed by atoms with Crippen molar-refractivity contribution < 1.29 is 19.0 Å². The normalized spacial score (nSPS) is 17.5. The van der Waals surface area contributed by atoms with E-state index in [-0.39, 0.29) is 12.2 Å². The van der Waals surface area contributed by atoms with Crippen LogP contribution in [0.2, 0.25) is 0 Å². The fourth-order valence-corrected chi connectivity index (χ4v) is 2.79. The van der Waals surface area contributed by atoms with Crippen LogP contribution in [-0.2, 0) is 14.2 Å². The van der Waals surface area contributed by atoms with Gasteiger partial charge >= 0.3 is 6.09 Å². The van der Waals surface area contributed by atoms with Crippen molar-refractivity contribution in [2.75, 3.05) is 53.0 Å². The number of nitrogens with zero attached hydrogens (tertiary/aromatic N) is 2. The van der Waals surface area contributed by atoms with Crippen LogP contribution in [-0.4, -0.2) is 81.7 Å². The lowest BCUT2D eigenvalue weighted by molar-refractivity contribution is 0.0168. The van der Waals surface area contributed by atoms with Gasteiger partial charge < -0.3 is 29.7 Å². The third kappa shape index (κ3) is 11.3. The maximum atomic E-state index is 12.3. The molecule has 0 aliphatic carbocycles. The third-order valence-electron chi connectivity index (χ3n) is 4.13. The van der Waals surface area contributed by atoms with Crippen molar-refractivity contribution in [3.05, 3.63) is 0 Å². The number of guanidine groups is 1. The molecule has 1 amide bonds. The van der Waals surface area contributed by atoms with Crippen LogP contribution in [0, 0.1) is 0 Å². The molecule has 0 radical (unpaired) electrons. The number of carbonyl (C=O) groups excluding carboxylic acids is 1. The molecule has 1 atom stereocenters. The zero-order valence-electron chi connectivity index (χ0n) is 18.4. The van der Waals surface area contributed by atoms with Crippen LogP contribution in [0.1, 0.15) is 53.4 Å². The lowest BCUT2D eigenvalue weighted by Crippen LogP contribution is -2.44. The maximum absolute atomic E-state index is 12.3. The highest BCUT2D eigenvalue weighted by Crippen LogP contribution is 2.12. The molecule has 28 heavy (non-hydrogen) atoms. The minimum atomic E-state index is -0.486. The molecule has 0 aromatic carbocycles. The molecule has 8 heteroatoms. The molecule has 164 valence electrons. The van der Waals surface area contributed by atoms with E-state index in [1.165, 1.54) is 0 Å². The van der Waals surface area contributed by atoms with Gasteiger partial charge in [0.15, 0.2) is 5.96 Å². The maximum Gasteiger partial charge on any atom is 0.410 e. The molecule has 1 rings (SSSR count). The fraction of sp³-hybridized carbons (Fsp3) is 0.900. The average molecular weight is 401 g/mol. The number of hydrogen-bond acceptors (Lipinski definition) is 5. The van der Waals surface area contributed by atoms with Crippen LogP contribution in [0.3, 0.4) is 0 Å². The van der Waals surface area contributed by atoms with E-state index >= 15 is 0 Å². The number of rotatable bonds is 11. The summed E-state index contributed by atoms with van der Waals surface area (Å²) in [5.74, 6) is 0.722. The number of ether oxygens (including phenoxy) is 3. The molecule has 8 nitrogen and oxygen atoms in total. The number of nitrogens with one attached hydrogen (secondary N) is 2. The molecule has 1 aliphatic rings. The molecule has 1 saturated heterocycles. The lowest BCUT2D eigenvalue weighted by atomic mass is 10.2. The standard InChI is InChI=1S/C20H40N4O4/c1-6-12-24(19(25)28-20(2,3)4)13-11-23-18(21-5)22-10-8-14-26-16-17-9-7-15-27-17/h17H,6-16H2,1-5H3,(H2,21,22,23). The topological polar surface area (TPSA) is 84.4 Å². The van der Waals surface area contributed by atoms with Gasteiger partial charge in [-0.15, -0.1) is 0 Å². The number of hydrogen-bond donors (Lipinski definition) is 2. The molecule has 1 unspecified atom stereocenters. The SMILES string of the molecule is CCCN(CCNC(=NC)NCCCOCC1CCCO1)C(=O)OC(C)(C)C. The molecule has 1 aliphatic heterocycles. The summed E-state index contributed by atoms with van der Waals surface area (Å²) in [7, 11) is 1.74. The molecule has 1 heterocycles. The van der Waals surface area contributed by atoms with Crippen molar-refractivity contribution in [1.29, 1.82) is 0 Å². The van der Waals surface area contributed by atoms with E-state index in [1.807, 2.05) is 27.7 Å². The second kappa shape index (κ2) is 13.6.